The average Bonchev–Trinajstić information content (AvgIpc) is 2.28. The summed E-state index contributed by atoms with van der Waals surface area (Å²) in [5, 5.41) is 0. The minimum absolute atomic E-state index is 0.0326. The number of ether oxygens (including phenoxy) is 2. The summed E-state index contributed by atoms with van der Waals surface area (Å²) in [4.78, 5) is 0. The summed E-state index contributed by atoms with van der Waals surface area (Å²) in [5.74, 6) is 3.11. The Morgan fingerprint density at radius 2 is 2.18 bits per heavy atom. The van der Waals surface area contributed by atoms with Crippen molar-refractivity contribution >= 4 is 8.07 Å². The second-order valence-electron chi connectivity index (χ2n) is 5.38. The molecule has 0 N–H and O–H groups in total. The maximum Gasteiger partial charge on any atom is 0.157 e. The lowest BCUT2D eigenvalue weighted by Crippen LogP contribution is -2.22. The molecule has 1 unspecified atom stereocenters. The van der Waals surface area contributed by atoms with Crippen LogP contribution in [0.3, 0.4) is 0 Å². The molecule has 0 aliphatic carbocycles. The molecule has 2 nitrogen and oxygen atoms in total. The van der Waals surface area contributed by atoms with Crippen molar-refractivity contribution in [1.82, 2.24) is 0 Å². The summed E-state index contributed by atoms with van der Waals surface area (Å²) in [6, 6.07) is 0. The normalized spacial score (nSPS) is 21.2. The fraction of sp³-hybridized carbons (Fsp3) is 0.714. The summed E-state index contributed by atoms with van der Waals surface area (Å²) in [6.45, 7) is 8.32. The first-order valence-electron chi connectivity index (χ1n) is 6.49. The molecule has 1 aliphatic heterocycles. The van der Waals surface area contributed by atoms with Crippen LogP contribution in [0.2, 0.25) is 19.6 Å². The van der Waals surface area contributed by atoms with Crippen molar-refractivity contribution in [3.05, 3.63) is 12.2 Å². The second-order valence-corrected chi connectivity index (χ2v) is 10.1. The van der Waals surface area contributed by atoms with E-state index in [1.54, 1.807) is 0 Å². The van der Waals surface area contributed by atoms with Gasteiger partial charge in [0, 0.05) is 6.61 Å². The Bertz CT molecular complexity index is 288. The number of allylic oxidation sites excluding steroid dienone is 1. The Hall–Kier alpha value is -0.563. The smallest absolute Gasteiger partial charge is 0.157 e. The first kappa shape index (κ1) is 14.5. The molecule has 1 saturated heterocycles. The molecule has 1 rings (SSSR count). The quantitative estimate of drug-likeness (QED) is 0.434. The molecule has 0 aromatic rings. The van der Waals surface area contributed by atoms with Gasteiger partial charge in [0.2, 0.25) is 0 Å². The maximum absolute atomic E-state index is 5.62. The first-order valence-corrected chi connectivity index (χ1v) is 9.99. The average molecular weight is 252 g/mol. The Morgan fingerprint density at radius 3 is 2.82 bits per heavy atom. The Kier molecular flexibility index (Phi) is 6.57. The SMILES string of the molecule is C[Si](C)(C)C#C/C=C/CCOC1CCCCO1. The van der Waals surface area contributed by atoms with Crippen LogP contribution in [0.25, 0.3) is 0 Å². The molecule has 96 valence electrons. The molecule has 0 spiro atoms. The monoisotopic (exact) mass is 252 g/mol. The first-order chi connectivity index (χ1) is 8.08. The third-order valence-electron chi connectivity index (χ3n) is 2.37. The number of hydrogen-bond donors (Lipinski definition) is 0. The molecule has 0 saturated carbocycles. The van der Waals surface area contributed by atoms with E-state index in [9.17, 15) is 0 Å². The summed E-state index contributed by atoms with van der Waals surface area (Å²) in [7, 11) is -1.22. The topological polar surface area (TPSA) is 18.5 Å². The van der Waals surface area contributed by atoms with Crippen LogP contribution in [-0.4, -0.2) is 27.6 Å². The summed E-state index contributed by atoms with van der Waals surface area (Å²) >= 11 is 0. The van der Waals surface area contributed by atoms with E-state index in [4.69, 9.17) is 9.47 Å². The third kappa shape index (κ3) is 8.20. The van der Waals surface area contributed by atoms with Gasteiger partial charge in [-0.15, -0.1) is 5.54 Å². The van der Waals surface area contributed by atoms with Gasteiger partial charge in [0.05, 0.1) is 6.61 Å². The van der Waals surface area contributed by atoms with Gasteiger partial charge in [0.1, 0.15) is 8.07 Å². The van der Waals surface area contributed by atoms with E-state index >= 15 is 0 Å². The van der Waals surface area contributed by atoms with Gasteiger partial charge in [0.25, 0.3) is 0 Å². The fourth-order valence-electron chi connectivity index (χ4n) is 1.51. The molecular formula is C14H24O2Si. The Balaban J connectivity index is 2.06. The van der Waals surface area contributed by atoms with Crippen molar-refractivity contribution in [2.24, 2.45) is 0 Å². The number of rotatable bonds is 4. The zero-order valence-electron chi connectivity index (χ0n) is 11.3. The van der Waals surface area contributed by atoms with Crippen molar-refractivity contribution in [2.45, 2.75) is 51.6 Å². The van der Waals surface area contributed by atoms with Crippen LogP contribution in [0.1, 0.15) is 25.7 Å². The van der Waals surface area contributed by atoms with Crippen LogP contribution < -0.4 is 0 Å². The molecule has 17 heavy (non-hydrogen) atoms. The molecule has 3 heteroatoms. The molecule has 1 fully saturated rings. The highest BCUT2D eigenvalue weighted by molar-refractivity contribution is 6.83. The molecule has 1 atom stereocenters. The van der Waals surface area contributed by atoms with E-state index in [2.05, 4.69) is 37.2 Å². The third-order valence-corrected chi connectivity index (χ3v) is 3.27. The van der Waals surface area contributed by atoms with Gasteiger partial charge in [-0.1, -0.05) is 31.6 Å². The van der Waals surface area contributed by atoms with Gasteiger partial charge >= 0.3 is 0 Å². The largest absolute Gasteiger partial charge is 0.353 e. The van der Waals surface area contributed by atoms with Crippen molar-refractivity contribution in [3.63, 3.8) is 0 Å². The van der Waals surface area contributed by atoms with Crippen LogP contribution in [0, 0.1) is 11.5 Å². The minimum Gasteiger partial charge on any atom is -0.353 e. The highest BCUT2D eigenvalue weighted by Crippen LogP contribution is 2.13. The lowest BCUT2D eigenvalue weighted by molar-refractivity contribution is -0.161. The van der Waals surface area contributed by atoms with E-state index in [-0.39, 0.29) is 6.29 Å². The molecule has 1 aliphatic rings. The summed E-state index contributed by atoms with van der Waals surface area (Å²) in [6.07, 6.45) is 8.41. The molecule has 0 aromatic heterocycles. The van der Waals surface area contributed by atoms with E-state index in [1.807, 2.05) is 6.08 Å². The van der Waals surface area contributed by atoms with Crippen LogP contribution in [-0.2, 0) is 9.47 Å². The van der Waals surface area contributed by atoms with Gasteiger partial charge in [0.15, 0.2) is 6.29 Å². The molecule has 0 radical (unpaired) electrons. The van der Waals surface area contributed by atoms with E-state index in [0.717, 1.165) is 26.1 Å². The van der Waals surface area contributed by atoms with Gasteiger partial charge < -0.3 is 9.47 Å². The van der Waals surface area contributed by atoms with E-state index < -0.39 is 8.07 Å². The maximum atomic E-state index is 5.62. The Labute approximate surface area is 106 Å². The zero-order valence-corrected chi connectivity index (χ0v) is 12.3. The van der Waals surface area contributed by atoms with E-state index in [0.29, 0.717) is 0 Å². The second kappa shape index (κ2) is 7.70. The van der Waals surface area contributed by atoms with Crippen LogP contribution >= 0.6 is 0 Å². The van der Waals surface area contributed by atoms with Crippen molar-refractivity contribution < 1.29 is 9.47 Å². The fourth-order valence-corrected chi connectivity index (χ4v) is 2.03. The predicted octanol–water partition coefficient (Wildman–Crippen LogP) is 3.36. The van der Waals surface area contributed by atoms with Gasteiger partial charge in [-0.25, -0.2) is 0 Å². The molecular weight excluding hydrogens is 228 g/mol. The highest BCUT2D eigenvalue weighted by atomic mass is 28.3. The standard InChI is InChI=1S/C14H24O2Si/c1-17(2,3)13-9-5-4-7-11-15-14-10-6-8-12-16-14/h4-5,14H,6-8,10-12H2,1-3H3/b5-4+. The Morgan fingerprint density at radius 1 is 1.35 bits per heavy atom. The summed E-state index contributed by atoms with van der Waals surface area (Å²) < 4.78 is 11.1. The van der Waals surface area contributed by atoms with Crippen LogP contribution in [0.5, 0.6) is 0 Å². The number of hydrogen-bond acceptors (Lipinski definition) is 2. The predicted molar refractivity (Wildman–Crippen MR) is 74.4 cm³/mol. The minimum atomic E-state index is -1.22. The van der Waals surface area contributed by atoms with Gasteiger partial charge in [-0.2, -0.15) is 0 Å². The highest BCUT2D eigenvalue weighted by Gasteiger charge is 2.12. The zero-order chi connectivity index (χ0) is 12.6. The summed E-state index contributed by atoms with van der Waals surface area (Å²) in [5.41, 5.74) is 3.30. The molecule has 0 bridgehead atoms. The molecule has 0 amide bonds. The van der Waals surface area contributed by atoms with Crippen LogP contribution in [0.4, 0.5) is 0 Å². The van der Waals surface area contributed by atoms with E-state index in [1.165, 1.54) is 12.8 Å². The molecule has 0 aromatic carbocycles. The lowest BCUT2D eigenvalue weighted by Gasteiger charge is -2.22. The van der Waals surface area contributed by atoms with Gasteiger partial charge in [-0.3, -0.25) is 0 Å². The molecule has 1 heterocycles. The van der Waals surface area contributed by atoms with Crippen molar-refractivity contribution in [3.8, 4) is 11.5 Å². The van der Waals surface area contributed by atoms with Gasteiger partial charge in [-0.05, 0) is 31.8 Å². The van der Waals surface area contributed by atoms with Crippen LogP contribution in [0.15, 0.2) is 12.2 Å². The van der Waals surface area contributed by atoms with Crippen molar-refractivity contribution in [2.75, 3.05) is 13.2 Å². The lowest BCUT2D eigenvalue weighted by atomic mass is 10.2. The van der Waals surface area contributed by atoms with Crippen molar-refractivity contribution in [1.29, 1.82) is 0 Å².